The first-order valence-corrected chi connectivity index (χ1v) is 10.9. The van der Waals surface area contributed by atoms with E-state index in [1.54, 1.807) is 0 Å². The van der Waals surface area contributed by atoms with Crippen LogP contribution in [0.25, 0.3) is 0 Å². The van der Waals surface area contributed by atoms with Crippen LogP contribution in [0.15, 0.2) is 35.3 Å². The molecule has 1 aliphatic heterocycles. The van der Waals surface area contributed by atoms with Gasteiger partial charge in [0.05, 0.1) is 6.54 Å². The number of rotatable bonds is 7. The summed E-state index contributed by atoms with van der Waals surface area (Å²) in [7, 11) is 0. The molecule has 1 amide bonds. The molecule has 1 heterocycles. The van der Waals surface area contributed by atoms with Gasteiger partial charge in [-0.25, -0.2) is 0 Å². The van der Waals surface area contributed by atoms with Crippen LogP contribution in [0.2, 0.25) is 0 Å². The summed E-state index contributed by atoms with van der Waals surface area (Å²) in [6.45, 7) is 14.2. The second kappa shape index (κ2) is 11.2. The number of amides is 1. The van der Waals surface area contributed by atoms with E-state index >= 15 is 0 Å². The average molecular weight is 402 g/mol. The molecule has 1 aliphatic rings. The molecule has 0 spiro atoms. The van der Waals surface area contributed by atoms with Crippen LogP contribution >= 0.6 is 0 Å². The first kappa shape index (κ1) is 23.2. The minimum atomic E-state index is -0.364. The monoisotopic (exact) mass is 401 g/mol. The van der Waals surface area contributed by atoms with Crippen LogP contribution in [0.4, 0.5) is 0 Å². The van der Waals surface area contributed by atoms with Crippen molar-refractivity contribution in [1.82, 2.24) is 20.9 Å². The molecule has 29 heavy (non-hydrogen) atoms. The summed E-state index contributed by atoms with van der Waals surface area (Å²) in [5.41, 5.74) is 1.02. The van der Waals surface area contributed by atoms with E-state index in [0.717, 1.165) is 38.4 Å². The second-order valence-corrected chi connectivity index (χ2v) is 8.81. The van der Waals surface area contributed by atoms with E-state index in [2.05, 4.69) is 70.0 Å². The maximum absolute atomic E-state index is 11.9. The summed E-state index contributed by atoms with van der Waals surface area (Å²) in [4.78, 5) is 19.1. The maximum Gasteiger partial charge on any atom is 0.225 e. The molecule has 1 saturated heterocycles. The maximum atomic E-state index is 11.9. The third-order valence-corrected chi connectivity index (χ3v) is 5.39. The Kier molecular flexibility index (Phi) is 8.96. The fourth-order valence-electron chi connectivity index (χ4n) is 3.49. The van der Waals surface area contributed by atoms with Gasteiger partial charge >= 0.3 is 0 Å². The highest BCUT2D eigenvalue weighted by Gasteiger charge is 2.24. The normalized spacial score (nSPS) is 17.6. The zero-order valence-electron chi connectivity index (χ0n) is 18.8. The van der Waals surface area contributed by atoms with Crippen molar-refractivity contribution in [3.8, 4) is 0 Å². The Bertz CT molecular complexity index is 645. The molecule has 6 heteroatoms. The number of hydrogen-bond acceptors (Lipinski definition) is 3. The van der Waals surface area contributed by atoms with Crippen molar-refractivity contribution in [2.75, 3.05) is 32.7 Å². The van der Waals surface area contributed by atoms with Crippen LogP contribution in [0.5, 0.6) is 0 Å². The predicted octanol–water partition coefficient (Wildman–Crippen LogP) is 2.93. The molecule has 0 bridgehead atoms. The van der Waals surface area contributed by atoms with E-state index in [1.165, 1.54) is 5.56 Å². The molecular weight excluding hydrogens is 362 g/mol. The van der Waals surface area contributed by atoms with Gasteiger partial charge < -0.3 is 16.0 Å². The van der Waals surface area contributed by atoms with Crippen molar-refractivity contribution in [2.24, 2.45) is 10.4 Å². The standard InChI is InChI=1S/C23H39N5O/c1-6-24-22(26-15-14-25-21(29)23(3,4)5)27-20-12-16-28(17-13-20)18(2)19-10-8-7-9-11-19/h7-11,18,20H,6,12-17H2,1-5H3,(H,25,29)(H2,24,26,27). The number of carbonyl (C=O) groups excluding carboxylic acids is 1. The average Bonchev–Trinajstić information content (AvgIpc) is 2.71. The van der Waals surface area contributed by atoms with Gasteiger partial charge in [-0.2, -0.15) is 0 Å². The van der Waals surface area contributed by atoms with Gasteiger partial charge in [-0.3, -0.25) is 14.7 Å². The van der Waals surface area contributed by atoms with Gasteiger partial charge in [0.15, 0.2) is 5.96 Å². The number of guanidine groups is 1. The van der Waals surface area contributed by atoms with Crippen molar-refractivity contribution in [1.29, 1.82) is 0 Å². The largest absolute Gasteiger partial charge is 0.357 e. The Labute approximate surface area is 176 Å². The van der Waals surface area contributed by atoms with Crippen LogP contribution < -0.4 is 16.0 Å². The van der Waals surface area contributed by atoms with Crippen molar-refractivity contribution >= 4 is 11.9 Å². The lowest BCUT2D eigenvalue weighted by Crippen LogP contribution is -2.49. The van der Waals surface area contributed by atoms with Crippen molar-refractivity contribution in [3.63, 3.8) is 0 Å². The fraction of sp³-hybridized carbons (Fsp3) is 0.652. The number of carbonyl (C=O) groups is 1. The lowest BCUT2D eigenvalue weighted by Gasteiger charge is -2.37. The molecule has 1 atom stereocenters. The third-order valence-electron chi connectivity index (χ3n) is 5.39. The molecule has 1 aromatic carbocycles. The minimum absolute atomic E-state index is 0.0607. The molecular formula is C23H39N5O. The molecule has 0 aromatic heterocycles. The molecule has 1 fully saturated rings. The summed E-state index contributed by atoms with van der Waals surface area (Å²) in [6.07, 6.45) is 2.20. The first-order chi connectivity index (χ1) is 13.8. The van der Waals surface area contributed by atoms with E-state index < -0.39 is 0 Å². The number of nitrogens with one attached hydrogen (secondary N) is 3. The van der Waals surface area contributed by atoms with E-state index in [1.807, 2.05) is 20.8 Å². The molecule has 0 radical (unpaired) electrons. The Balaban J connectivity index is 1.79. The van der Waals surface area contributed by atoms with Crippen molar-refractivity contribution in [3.05, 3.63) is 35.9 Å². The molecule has 1 unspecified atom stereocenters. The lowest BCUT2D eigenvalue weighted by molar-refractivity contribution is -0.128. The Morgan fingerprint density at radius 2 is 1.83 bits per heavy atom. The van der Waals surface area contributed by atoms with E-state index in [0.29, 0.717) is 25.2 Å². The zero-order chi connectivity index (χ0) is 21.3. The summed E-state index contributed by atoms with van der Waals surface area (Å²) in [5.74, 6) is 0.901. The Morgan fingerprint density at radius 1 is 1.17 bits per heavy atom. The zero-order valence-corrected chi connectivity index (χ0v) is 18.8. The Morgan fingerprint density at radius 3 is 2.41 bits per heavy atom. The lowest BCUT2D eigenvalue weighted by atomic mass is 9.96. The van der Waals surface area contributed by atoms with Crippen LogP contribution in [-0.2, 0) is 4.79 Å². The van der Waals surface area contributed by atoms with Gasteiger partial charge in [-0.15, -0.1) is 0 Å². The quantitative estimate of drug-likeness (QED) is 0.373. The van der Waals surface area contributed by atoms with Crippen LogP contribution in [0.3, 0.4) is 0 Å². The molecule has 0 aliphatic carbocycles. The van der Waals surface area contributed by atoms with Gasteiger partial charge in [-0.05, 0) is 32.3 Å². The highest BCUT2D eigenvalue weighted by molar-refractivity contribution is 5.81. The van der Waals surface area contributed by atoms with Crippen molar-refractivity contribution < 1.29 is 4.79 Å². The van der Waals surface area contributed by atoms with Crippen LogP contribution in [-0.4, -0.2) is 55.5 Å². The van der Waals surface area contributed by atoms with Crippen LogP contribution in [0, 0.1) is 5.41 Å². The highest BCUT2D eigenvalue weighted by Crippen LogP contribution is 2.23. The smallest absolute Gasteiger partial charge is 0.225 e. The van der Waals surface area contributed by atoms with Crippen molar-refractivity contribution in [2.45, 2.75) is 59.5 Å². The van der Waals surface area contributed by atoms with E-state index in [9.17, 15) is 4.79 Å². The fourth-order valence-corrected chi connectivity index (χ4v) is 3.49. The summed E-state index contributed by atoms with van der Waals surface area (Å²) in [6, 6.07) is 11.6. The minimum Gasteiger partial charge on any atom is -0.357 e. The number of aliphatic imine (C=N–C) groups is 1. The highest BCUT2D eigenvalue weighted by atomic mass is 16.2. The third kappa shape index (κ3) is 7.69. The molecule has 6 nitrogen and oxygen atoms in total. The topological polar surface area (TPSA) is 68.8 Å². The number of likely N-dealkylation sites (tertiary alicyclic amines) is 1. The van der Waals surface area contributed by atoms with Gasteiger partial charge in [0.1, 0.15) is 0 Å². The Hall–Kier alpha value is -2.08. The molecule has 0 saturated carbocycles. The van der Waals surface area contributed by atoms with Crippen LogP contribution in [0.1, 0.15) is 59.1 Å². The second-order valence-electron chi connectivity index (χ2n) is 8.81. The molecule has 1 aromatic rings. The summed E-state index contributed by atoms with van der Waals surface area (Å²) < 4.78 is 0. The number of piperidine rings is 1. The summed E-state index contributed by atoms with van der Waals surface area (Å²) >= 11 is 0. The molecule has 3 N–H and O–H groups in total. The molecule has 162 valence electrons. The number of benzene rings is 1. The SMILES string of the molecule is CCNC(=NCCNC(=O)C(C)(C)C)NC1CCN(C(C)c2ccccc2)CC1. The van der Waals surface area contributed by atoms with Gasteiger partial charge in [0, 0.05) is 43.7 Å². The summed E-state index contributed by atoms with van der Waals surface area (Å²) in [5, 5.41) is 9.84. The molecule has 2 rings (SSSR count). The van der Waals surface area contributed by atoms with E-state index in [4.69, 9.17) is 0 Å². The number of hydrogen-bond donors (Lipinski definition) is 3. The van der Waals surface area contributed by atoms with Gasteiger partial charge in [0.2, 0.25) is 5.91 Å². The van der Waals surface area contributed by atoms with E-state index in [-0.39, 0.29) is 11.3 Å². The predicted molar refractivity (Wildman–Crippen MR) is 121 cm³/mol. The van der Waals surface area contributed by atoms with Gasteiger partial charge in [0.25, 0.3) is 0 Å². The first-order valence-electron chi connectivity index (χ1n) is 10.9. The number of nitrogens with zero attached hydrogens (tertiary/aromatic N) is 2. The van der Waals surface area contributed by atoms with Gasteiger partial charge in [-0.1, -0.05) is 51.1 Å².